The molecule has 0 aliphatic rings. The van der Waals surface area contributed by atoms with Crippen LogP contribution in [0.5, 0.6) is 0 Å². The Morgan fingerprint density at radius 1 is 1.37 bits per heavy atom. The lowest BCUT2D eigenvalue weighted by Gasteiger charge is -2.09. The van der Waals surface area contributed by atoms with E-state index in [0.717, 1.165) is 5.01 Å². The second-order valence-corrected chi connectivity index (χ2v) is 5.56. The fraction of sp³-hybridized carbons (Fsp3) is 0.200. The zero-order chi connectivity index (χ0) is 14.0. The van der Waals surface area contributed by atoms with Gasteiger partial charge in [0.1, 0.15) is 10.6 Å². The summed E-state index contributed by atoms with van der Waals surface area (Å²) in [5.74, 6) is -0.0395. The number of thiazole rings is 1. The van der Waals surface area contributed by atoms with Crippen LogP contribution in [0.25, 0.3) is 0 Å². The lowest BCUT2D eigenvalue weighted by atomic mass is 10.4. The summed E-state index contributed by atoms with van der Waals surface area (Å²) in [5.41, 5.74) is 11.7. The minimum atomic E-state index is -0.329. The number of nitrogens with one attached hydrogen (secondary N) is 1. The second-order valence-electron chi connectivity index (χ2n) is 3.55. The molecule has 0 radical (unpaired) electrons. The van der Waals surface area contributed by atoms with Crippen LogP contribution in [0.15, 0.2) is 11.4 Å². The number of nitrogen functional groups attached to an aromatic ring is 2. The van der Waals surface area contributed by atoms with Crippen molar-refractivity contribution in [1.29, 1.82) is 0 Å². The third-order valence-corrected chi connectivity index (χ3v) is 3.67. The highest BCUT2D eigenvalue weighted by atomic mass is 32.2. The van der Waals surface area contributed by atoms with E-state index in [9.17, 15) is 4.79 Å². The largest absolute Gasteiger partial charge is 0.382 e. The van der Waals surface area contributed by atoms with Crippen LogP contribution in [0.3, 0.4) is 0 Å². The molecule has 100 valence electrons. The summed E-state index contributed by atoms with van der Waals surface area (Å²) in [7, 11) is 0. The smallest absolute Gasteiger partial charge is 0.267 e. The van der Waals surface area contributed by atoms with Crippen LogP contribution in [0, 0.1) is 6.92 Å². The van der Waals surface area contributed by atoms with E-state index in [4.69, 9.17) is 11.5 Å². The lowest BCUT2D eigenvalue weighted by molar-refractivity contribution is 0.103. The van der Waals surface area contributed by atoms with Gasteiger partial charge in [-0.05, 0) is 13.2 Å². The highest BCUT2D eigenvalue weighted by Gasteiger charge is 2.15. The molecule has 2 rings (SSSR count). The Hall–Kier alpha value is -1.87. The van der Waals surface area contributed by atoms with E-state index < -0.39 is 0 Å². The van der Waals surface area contributed by atoms with Gasteiger partial charge in [0.05, 0.1) is 11.2 Å². The zero-order valence-electron chi connectivity index (χ0n) is 10.3. The summed E-state index contributed by atoms with van der Waals surface area (Å²) < 4.78 is 0. The first-order valence-corrected chi connectivity index (χ1v) is 7.26. The molecule has 1 amide bonds. The number of aryl methyl sites for hydroxylation is 1. The van der Waals surface area contributed by atoms with Gasteiger partial charge in [-0.15, -0.1) is 11.3 Å². The molecule has 9 heteroatoms. The molecule has 0 aliphatic carbocycles. The number of aromatic nitrogens is 3. The molecule has 0 fully saturated rings. The highest BCUT2D eigenvalue weighted by Crippen LogP contribution is 2.26. The number of thioether (sulfide) groups is 1. The molecular weight excluding hydrogens is 284 g/mol. The maximum atomic E-state index is 12.0. The predicted octanol–water partition coefficient (Wildman–Crippen LogP) is 1.38. The first kappa shape index (κ1) is 13.6. The molecule has 2 heterocycles. The van der Waals surface area contributed by atoms with Crippen LogP contribution < -0.4 is 16.8 Å². The molecule has 0 aliphatic heterocycles. The summed E-state index contributed by atoms with van der Waals surface area (Å²) in [6.07, 6.45) is 3.31. The van der Waals surface area contributed by atoms with Crippen molar-refractivity contribution in [2.75, 3.05) is 23.0 Å². The van der Waals surface area contributed by atoms with Gasteiger partial charge >= 0.3 is 0 Å². The van der Waals surface area contributed by atoms with Gasteiger partial charge in [-0.3, -0.25) is 4.79 Å². The molecule has 7 nitrogen and oxygen atoms in total. The molecule has 0 bridgehead atoms. The minimum Gasteiger partial charge on any atom is -0.382 e. The Morgan fingerprint density at radius 2 is 2.00 bits per heavy atom. The van der Waals surface area contributed by atoms with Crippen molar-refractivity contribution < 1.29 is 4.79 Å². The number of amides is 1. The Bertz CT molecular complexity index is 603. The number of hydrogen-bond donors (Lipinski definition) is 3. The summed E-state index contributed by atoms with van der Waals surface area (Å²) in [6.45, 7) is 1.82. The molecule has 5 N–H and O–H groups in total. The third-order valence-electron chi connectivity index (χ3n) is 2.21. The number of nitrogens with zero attached hydrogens (tertiary/aromatic N) is 3. The maximum absolute atomic E-state index is 12.0. The van der Waals surface area contributed by atoms with Crippen LogP contribution in [0.1, 0.15) is 14.7 Å². The van der Waals surface area contributed by atoms with E-state index in [1.54, 1.807) is 0 Å². The van der Waals surface area contributed by atoms with Crippen LogP contribution in [-0.2, 0) is 0 Å². The van der Waals surface area contributed by atoms with Crippen molar-refractivity contribution in [1.82, 2.24) is 15.0 Å². The van der Waals surface area contributed by atoms with E-state index in [1.165, 1.54) is 29.3 Å². The van der Waals surface area contributed by atoms with E-state index in [0.29, 0.717) is 10.0 Å². The molecule has 0 aromatic carbocycles. The Labute approximate surface area is 117 Å². The summed E-state index contributed by atoms with van der Waals surface area (Å²) in [4.78, 5) is 24.5. The average molecular weight is 296 g/mol. The standard InChI is InChI=1S/C10H12N6OS2/c1-4-13-3-5(19-4)9(17)14-6-7(11)15-10(18-2)16-8(6)12/h3H,1-2H3,(H,14,17)(H4,11,12,15,16). The maximum Gasteiger partial charge on any atom is 0.267 e. The van der Waals surface area contributed by atoms with Gasteiger partial charge in [-0.1, -0.05) is 11.8 Å². The molecule has 19 heavy (non-hydrogen) atoms. The van der Waals surface area contributed by atoms with Crippen molar-refractivity contribution >= 4 is 46.3 Å². The van der Waals surface area contributed by atoms with Crippen molar-refractivity contribution in [3.05, 3.63) is 16.1 Å². The van der Waals surface area contributed by atoms with Crippen molar-refractivity contribution in [2.24, 2.45) is 0 Å². The Kier molecular flexibility index (Phi) is 3.86. The molecule has 2 aromatic heterocycles. The topological polar surface area (TPSA) is 120 Å². The summed E-state index contributed by atoms with van der Waals surface area (Å²) in [6, 6.07) is 0. The normalized spacial score (nSPS) is 10.4. The minimum absolute atomic E-state index is 0.145. The van der Waals surface area contributed by atoms with Gasteiger partial charge in [0.2, 0.25) is 0 Å². The van der Waals surface area contributed by atoms with Gasteiger partial charge < -0.3 is 16.8 Å². The molecule has 0 saturated carbocycles. The molecular formula is C10H12N6OS2. The average Bonchev–Trinajstić information content (AvgIpc) is 2.80. The number of hydrogen-bond acceptors (Lipinski definition) is 8. The van der Waals surface area contributed by atoms with Crippen LogP contribution >= 0.6 is 23.1 Å². The third kappa shape index (κ3) is 2.93. The fourth-order valence-electron chi connectivity index (χ4n) is 1.33. The van der Waals surface area contributed by atoms with Crippen LogP contribution in [-0.4, -0.2) is 27.1 Å². The SMILES string of the molecule is CSc1nc(N)c(NC(=O)c2cnc(C)s2)c(N)n1. The van der Waals surface area contributed by atoms with Gasteiger partial charge in [0.15, 0.2) is 16.8 Å². The van der Waals surface area contributed by atoms with Crippen LogP contribution in [0.4, 0.5) is 17.3 Å². The highest BCUT2D eigenvalue weighted by molar-refractivity contribution is 7.98. The lowest BCUT2D eigenvalue weighted by Crippen LogP contribution is -2.15. The summed E-state index contributed by atoms with van der Waals surface area (Å²) in [5, 5.41) is 3.87. The number of anilines is 3. The summed E-state index contributed by atoms with van der Waals surface area (Å²) >= 11 is 2.61. The number of rotatable bonds is 3. The van der Waals surface area contributed by atoms with Crippen molar-refractivity contribution in [3.63, 3.8) is 0 Å². The van der Waals surface area contributed by atoms with Crippen molar-refractivity contribution in [3.8, 4) is 0 Å². The Morgan fingerprint density at radius 3 is 2.47 bits per heavy atom. The molecule has 0 saturated heterocycles. The molecule has 0 spiro atoms. The first-order chi connectivity index (χ1) is 9.01. The first-order valence-electron chi connectivity index (χ1n) is 5.22. The van der Waals surface area contributed by atoms with E-state index >= 15 is 0 Å². The van der Waals surface area contributed by atoms with Gasteiger partial charge in [0, 0.05) is 0 Å². The monoisotopic (exact) mass is 296 g/mol. The van der Waals surface area contributed by atoms with E-state index in [-0.39, 0.29) is 23.2 Å². The van der Waals surface area contributed by atoms with Crippen molar-refractivity contribution in [2.45, 2.75) is 12.1 Å². The zero-order valence-corrected chi connectivity index (χ0v) is 11.9. The Balaban J connectivity index is 2.26. The number of nitrogens with two attached hydrogens (primary N) is 2. The van der Waals surface area contributed by atoms with E-state index in [1.807, 2.05) is 13.2 Å². The number of carbonyl (C=O) groups excluding carboxylic acids is 1. The van der Waals surface area contributed by atoms with Gasteiger partial charge in [-0.2, -0.15) is 0 Å². The quantitative estimate of drug-likeness (QED) is 0.578. The van der Waals surface area contributed by atoms with Gasteiger partial charge in [-0.25, -0.2) is 15.0 Å². The van der Waals surface area contributed by atoms with Crippen LogP contribution in [0.2, 0.25) is 0 Å². The van der Waals surface area contributed by atoms with Gasteiger partial charge in [0.25, 0.3) is 5.91 Å². The molecule has 2 aromatic rings. The number of carbonyl (C=O) groups is 1. The second kappa shape index (κ2) is 5.41. The fourth-order valence-corrected chi connectivity index (χ4v) is 2.39. The molecule has 0 unspecified atom stereocenters. The predicted molar refractivity (Wildman–Crippen MR) is 77.4 cm³/mol. The molecule has 0 atom stereocenters. The van der Waals surface area contributed by atoms with E-state index in [2.05, 4.69) is 20.3 Å².